The van der Waals surface area contributed by atoms with Crippen molar-refractivity contribution in [2.45, 2.75) is 20.2 Å². The quantitative estimate of drug-likeness (QED) is 0.177. The zero-order chi connectivity index (χ0) is 34.0. The molecule has 0 amide bonds. The molecule has 1 atom stereocenters. The first-order valence-electron chi connectivity index (χ1n) is 14.4. The van der Waals surface area contributed by atoms with Crippen LogP contribution >= 0.6 is 22.7 Å². The summed E-state index contributed by atoms with van der Waals surface area (Å²) in [5, 5.41) is 8.47. The standard InChI is InChI=1S/C16H11FN4O2S2.C16H11FN4OS2/c17-12-6-4-11(5-7-12)14-9-21-15(19-14)24-16(20-21)25(22,23)10-13-3-1-2-8-18-13;17-12-6-4-11(5-7-12)14-9-21-15(19-14)23-16(20-21)24(22)10-13-3-1-2-8-18-13/h1-9H,10H2;1-9H,10H2. The van der Waals surface area contributed by atoms with Crippen LogP contribution in [0.4, 0.5) is 8.78 Å². The van der Waals surface area contributed by atoms with E-state index < -0.39 is 20.6 Å². The monoisotopic (exact) mass is 732 g/mol. The van der Waals surface area contributed by atoms with E-state index in [1.165, 1.54) is 40.1 Å². The second-order valence-electron chi connectivity index (χ2n) is 10.3. The van der Waals surface area contributed by atoms with E-state index in [0.717, 1.165) is 28.2 Å². The molecule has 0 aliphatic carbocycles. The van der Waals surface area contributed by atoms with Crippen LogP contribution in [-0.2, 0) is 32.1 Å². The maximum Gasteiger partial charge on any atom is 0.233 e. The van der Waals surface area contributed by atoms with Crippen LogP contribution in [0.2, 0.25) is 0 Å². The topological polar surface area (TPSA) is 137 Å². The number of hydrogen-bond acceptors (Lipinski definition) is 11. The molecule has 0 bridgehead atoms. The van der Waals surface area contributed by atoms with Gasteiger partial charge in [-0.05, 0) is 72.8 Å². The first-order valence-corrected chi connectivity index (χ1v) is 19.0. The van der Waals surface area contributed by atoms with E-state index in [-0.39, 0.29) is 21.7 Å². The fourth-order valence-corrected chi connectivity index (χ4v) is 9.07. The van der Waals surface area contributed by atoms with Crippen LogP contribution in [0.1, 0.15) is 11.4 Å². The Kier molecular flexibility index (Phi) is 9.13. The molecule has 1 unspecified atom stereocenters. The second-order valence-corrected chi connectivity index (χ2v) is 16.0. The van der Waals surface area contributed by atoms with Gasteiger partial charge in [0, 0.05) is 23.5 Å². The molecule has 17 heteroatoms. The van der Waals surface area contributed by atoms with Crippen molar-refractivity contribution >= 4 is 53.2 Å². The van der Waals surface area contributed by atoms with Gasteiger partial charge in [-0.25, -0.2) is 36.2 Å². The number of fused-ring (bicyclic) bond motifs is 2. The number of rotatable bonds is 8. The molecule has 246 valence electrons. The van der Waals surface area contributed by atoms with Gasteiger partial charge in [0.15, 0.2) is 0 Å². The Balaban J connectivity index is 0.000000154. The molecule has 8 aromatic rings. The van der Waals surface area contributed by atoms with Crippen LogP contribution in [0.3, 0.4) is 0 Å². The van der Waals surface area contributed by atoms with Crippen LogP contribution in [-0.4, -0.2) is 51.8 Å². The van der Waals surface area contributed by atoms with Gasteiger partial charge in [-0.1, -0.05) is 34.8 Å². The van der Waals surface area contributed by atoms with E-state index in [9.17, 15) is 21.4 Å². The highest BCUT2D eigenvalue weighted by Gasteiger charge is 2.23. The summed E-state index contributed by atoms with van der Waals surface area (Å²) in [4.78, 5) is 18.2. The van der Waals surface area contributed by atoms with Gasteiger partial charge >= 0.3 is 0 Å². The maximum absolute atomic E-state index is 13.0. The lowest BCUT2D eigenvalue weighted by atomic mass is 10.2. The van der Waals surface area contributed by atoms with E-state index in [0.29, 0.717) is 37.1 Å². The van der Waals surface area contributed by atoms with Gasteiger partial charge in [-0.2, -0.15) is 0 Å². The van der Waals surface area contributed by atoms with E-state index in [1.54, 1.807) is 71.8 Å². The minimum atomic E-state index is -3.59. The summed E-state index contributed by atoms with van der Waals surface area (Å²) in [7, 11) is -4.86. The number of aromatic nitrogens is 8. The van der Waals surface area contributed by atoms with Crippen molar-refractivity contribution < 1.29 is 21.4 Å². The number of benzene rings is 2. The summed E-state index contributed by atoms with van der Waals surface area (Å²) in [6.45, 7) is 0. The van der Waals surface area contributed by atoms with E-state index in [1.807, 2.05) is 18.2 Å². The molecular formula is C32H22F2N8O3S4. The Morgan fingerprint density at radius 1 is 0.673 bits per heavy atom. The summed E-state index contributed by atoms with van der Waals surface area (Å²) in [6, 6.07) is 22.7. The first kappa shape index (κ1) is 32.4. The SMILES string of the molecule is O=S(=O)(Cc1ccccn1)c1nn2cc(-c3ccc(F)cc3)nc2s1.O=S(Cc1ccccn1)c1nn2cc(-c3ccc(F)cc3)nc2s1. The molecule has 6 aromatic heterocycles. The number of nitrogens with zero attached hydrogens (tertiary/aromatic N) is 8. The highest BCUT2D eigenvalue weighted by atomic mass is 32.2. The Morgan fingerprint density at radius 3 is 1.71 bits per heavy atom. The first-order chi connectivity index (χ1) is 23.7. The highest BCUT2D eigenvalue weighted by molar-refractivity contribution is 7.92. The number of pyridine rings is 2. The van der Waals surface area contributed by atoms with Crippen LogP contribution in [0, 0.1) is 11.6 Å². The molecule has 0 aliphatic rings. The largest absolute Gasteiger partial charge is 0.260 e. The van der Waals surface area contributed by atoms with Gasteiger partial charge in [-0.15, -0.1) is 10.2 Å². The van der Waals surface area contributed by atoms with Crippen molar-refractivity contribution in [1.29, 1.82) is 0 Å². The third kappa shape index (κ3) is 7.49. The number of imidazole rings is 2. The molecule has 0 saturated heterocycles. The molecule has 0 spiro atoms. The molecule has 0 radical (unpaired) electrons. The lowest BCUT2D eigenvalue weighted by molar-refractivity contribution is 0.591. The third-order valence-electron chi connectivity index (χ3n) is 6.86. The molecule has 0 fully saturated rings. The van der Waals surface area contributed by atoms with Gasteiger partial charge in [-0.3, -0.25) is 14.2 Å². The van der Waals surface area contributed by atoms with Crippen LogP contribution < -0.4 is 0 Å². The molecule has 2 aromatic carbocycles. The van der Waals surface area contributed by atoms with E-state index in [2.05, 4.69) is 30.1 Å². The van der Waals surface area contributed by atoms with Crippen molar-refractivity contribution in [1.82, 2.24) is 39.2 Å². The minimum Gasteiger partial charge on any atom is -0.260 e. The van der Waals surface area contributed by atoms with Gasteiger partial charge in [0.2, 0.25) is 28.4 Å². The predicted molar refractivity (Wildman–Crippen MR) is 182 cm³/mol. The average molecular weight is 733 g/mol. The summed E-state index contributed by atoms with van der Waals surface area (Å²) >= 11 is 2.28. The summed E-state index contributed by atoms with van der Waals surface area (Å²) in [6.07, 6.45) is 6.60. The Labute approximate surface area is 288 Å². The molecule has 0 aliphatic heterocycles. The smallest absolute Gasteiger partial charge is 0.233 e. The van der Waals surface area contributed by atoms with Crippen molar-refractivity contribution in [3.8, 4) is 22.5 Å². The van der Waals surface area contributed by atoms with Crippen molar-refractivity contribution in [3.63, 3.8) is 0 Å². The Morgan fingerprint density at radius 2 is 1.20 bits per heavy atom. The molecule has 6 heterocycles. The fraction of sp³-hybridized carbons (Fsp3) is 0.0625. The van der Waals surface area contributed by atoms with Crippen molar-refractivity contribution in [2.75, 3.05) is 0 Å². The number of sulfone groups is 1. The summed E-state index contributed by atoms with van der Waals surface area (Å²) < 4.78 is 66.9. The van der Waals surface area contributed by atoms with Gasteiger partial charge in [0.05, 0.1) is 57.5 Å². The van der Waals surface area contributed by atoms with E-state index in [4.69, 9.17) is 0 Å². The predicted octanol–water partition coefficient (Wildman–Crippen LogP) is 6.27. The lowest BCUT2D eigenvalue weighted by Gasteiger charge is -1.99. The Hall–Kier alpha value is -5.10. The molecule has 11 nitrogen and oxygen atoms in total. The Bertz CT molecular complexity index is 2440. The number of halogens is 2. The third-order valence-corrected chi connectivity index (χ3v) is 12.4. The molecular weight excluding hydrogens is 711 g/mol. The van der Waals surface area contributed by atoms with Crippen molar-refractivity contribution in [3.05, 3.63) is 133 Å². The molecule has 49 heavy (non-hydrogen) atoms. The normalized spacial score (nSPS) is 12.2. The summed E-state index contributed by atoms with van der Waals surface area (Å²) in [5.41, 5.74) is 4.07. The summed E-state index contributed by atoms with van der Waals surface area (Å²) in [5.74, 6) is -0.506. The van der Waals surface area contributed by atoms with E-state index >= 15 is 0 Å². The van der Waals surface area contributed by atoms with Gasteiger partial charge < -0.3 is 0 Å². The van der Waals surface area contributed by atoms with Crippen LogP contribution in [0.25, 0.3) is 32.4 Å². The average Bonchev–Trinajstić information content (AvgIpc) is 3.87. The zero-order valence-electron chi connectivity index (χ0n) is 25.0. The molecule has 8 rings (SSSR count). The zero-order valence-corrected chi connectivity index (χ0v) is 28.3. The van der Waals surface area contributed by atoms with Crippen molar-refractivity contribution in [2.24, 2.45) is 0 Å². The number of hydrogen-bond donors (Lipinski definition) is 0. The van der Waals surface area contributed by atoms with Gasteiger partial charge in [0.1, 0.15) is 11.6 Å². The maximum atomic E-state index is 13.0. The molecule has 0 saturated carbocycles. The fourth-order valence-electron chi connectivity index (χ4n) is 4.52. The second kappa shape index (κ2) is 13.8. The van der Waals surface area contributed by atoms with Crippen LogP contribution in [0.15, 0.2) is 118 Å². The van der Waals surface area contributed by atoms with Crippen LogP contribution in [0.5, 0.6) is 0 Å². The molecule has 0 N–H and O–H groups in total. The highest BCUT2D eigenvalue weighted by Crippen LogP contribution is 2.27. The lowest BCUT2D eigenvalue weighted by Crippen LogP contribution is -2.06. The van der Waals surface area contributed by atoms with Gasteiger partial charge in [0.25, 0.3) is 0 Å². The minimum absolute atomic E-state index is 0.00805.